The third kappa shape index (κ3) is 5.77. The fraction of sp³-hybridized carbons (Fsp3) is 0.118. The Balaban J connectivity index is 1.79. The average Bonchev–Trinajstić information content (AvgIpc) is 2.97. The molecule has 184 valence electrons. The molecule has 5 aromatic carbocycles. The number of hydrogen-bond acceptors (Lipinski definition) is 2. The monoisotopic (exact) mass is 500 g/mol. The Kier molecular flexibility index (Phi) is 7.99. The third-order valence-electron chi connectivity index (χ3n) is 6.65. The van der Waals surface area contributed by atoms with E-state index in [0.29, 0.717) is 0 Å². The predicted octanol–water partition coefficient (Wildman–Crippen LogP) is 7.78. The zero-order valence-electron chi connectivity index (χ0n) is 21.4. The normalized spacial score (nSPS) is 12.6. The van der Waals surface area contributed by atoms with Crippen LogP contribution in [0.25, 0.3) is 0 Å². The SMILES string of the molecule is CN(C)c1ccccc1[C@H]([C@@H](Nc1ccccc1)c1ccccc1)P(c1ccccc1)c1ccccc1. The van der Waals surface area contributed by atoms with E-state index < -0.39 is 7.92 Å². The number of hydrogen-bond donors (Lipinski definition) is 1. The topological polar surface area (TPSA) is 15.3 Å². The first kappa shape index (κ1) is 24.8. The Morgan fingerprint density at radius 1 is 0.541 bits per heavy atom. The molecule has 0 spiro atoms. The lowest BCUT2D eigenvalue weighted by atomic mass is 9.96. The molecule has 5 rings (SSSR count). The Morgan fingerprint density at radius 2 is 1.00 bits per heavy atom. The zero-order valence-corrected chi connectivity index (χ0v) is 22.3. The van der Waals surface area contributed by atoms with Gasteiger partial charge in [0.15, 0.2) is 0 Å². The summed E-state index contributed by atoms with van der Waals surface area (Å²) in [6.45, 7) is 0. The van der Waals surface area contributed by atoms with E-state index in [2.05, 4.69) is 170 Å². The molecular weight excluding hydrogens is 467 g/mol. The minimum atomic E-state index is -0.780. The van der Waals surface area contributed by atoms with E-state index in [1.54, 1.807) is 0 Å². The second-order valence-corrected chi connectivity index (χ2v) is 11.7. The summed E-state index contributed by atoms with van der Waals surface area (Å²) in [5, 5.41) is 6.72. The zero-order chi connectivity index (χ0) is 25.5. The molecule has 0 bridgehead atoms. The maximum atomic E-state index is 3.98. The summed E-state index contributed by atoms with van der Waals surface area (Å²) in [4.78, 5) is 2.25. The molecule has 0 unspecified atom stereocenters. The lowest BCUT2D eigenvalue weighted by Crippen LogP contribution is -2.27. The highest BCUT2D eigenvalue weighted by Gasteiger charge is 2.35. The van der Waals surface area contributed by atoms with Crippen molar-refractivity contribution in [3.05, 3.63) is 157 Å². The van der Waals surface area contributed by atoms with E-state index in [1.165, 1.54) is 27.4 Å². The molecule has 0 amide bonds. The van der Waals surface area contributed by atoms with Gasteiger partial charge in [0.05, 0.1) is 6.04 Å². The lowest BCUT2D eigenvalue weighted by molar-refractivity contribution is 0.749. The Bertz CT molecular complexity index is 1330. The molecule has 1 N–H and O–H groups in total. The van der Waals surface area contributed by atoms with Crippen LogP contribution in [-0.4, -0.2) is 14.1 Å². The first-order valence-electron chi connectivity index (χ1n) is 12.7. The summed E-state index contributed by atoms with van der Waals surface area (Å²) in [6.07, 6.45) is 0. The van der Waals surface area contributed by atoms with Crippen LogP contribution in [0.1, 0.15) is 22.8 Å². The molecule has 5 aromatic rings. The summed E-state index contributed by atoms with van der Waals surface area (Å²) >= 11 is 0. The first-order valence-corrected chi connectivity index (χ1v) is 14.2. The van der Waals surface area contributed by atoms with Gasteiger partial charge in [-0.15, -0.1) is 0 Å². The number of nitrogens with zero attached hydrogens (tertiary/aromatic N) is 1. The van der Waals surface area contributed by atoms with Gasteiger partial charge in [0, 0.05) is 31.1 Å². The first-order chi connectivity index (χ1) is 18.2. The Hall–Kier alpha value is -3.87. The highest BCUT2D eigenvalue weighted by atomic mass is 31.1. The van der Waals surface area contributed by atoms with Crippen molar-refractivity contribution in [1.82, 2.24) is 0 Å². The largest absolute Gasteiger partial charge is 0.377 e. The van der Waals surface area contributed by atoms with E-state index in [-0.39, 0.29) is 11.7 Å². The molecular formula is C34H33N2P. The van der Waals surface area contributed by atoms with Gasteiger partial charge in [0.2, 0.25) is 0 Å². The molecule has 0 heterocycles. The summed E-state index contributed by atoms with van der Waals surface area (Å²) in [6, 6.07) is 52.6. The van der Waals surface area contributed by atoms with Crippen molar-refractivity contribution in [1.29, 1.82) is 0 Å². The molecule has 0 radical (unpaired) electrons. The molecule has 0 aliphatic heterocycles. The average molecular weight is 501 g/mol. The summed E-state index contributed by atoms with van der Waals surface area (Å²) in [5.74, 6) is 0. The predicted molar refractivity (Wildman–Crippen MR) is 162 cm³/mol. The maximum absolute atomic E-state index is 3.98. The van der Waals surface area contributed by atoms with Gasteiger partial charge in [0.25, 0.3) is 0 Å². The van der Waals surface area contributed by atoms with Crippen LogP contribution in [0.15, 0.2) is 146 Å². The molecule has 0 saturated heterocycles. The van der Waals surface area contributed by atoms with Crippen LogP contribution >= 0.6 is 7.92 Å². The Morgan fingerprint density at radius 3 is 1.54 bits per heavy atom. The van der Waals surface area contributed by atoms with E-state index in [4.69, 9.17) is 0 Å². The molecule has 2 atom stereocenters. The second-order valence-electron chi connectivity index (χ2n) is 9.34. The van der Waals surface area contributed by atoms with Crippen molar-refractivity contribution in [2.45, 2.75) is 11.7 Å². The van der Waals surface area contributed by atoms with Crippen LogP contribution in [0.4, 0.5) is 11.4 Å². The summed E-state index contributed by atoms with van der Waals surface area (Å²) in [5.41, 5.74) is 5.18. The maximum Gasteiger partial charge on any atom is 0.0628 e. The van der Waals surface area contributed by atoms with Crippen LogP contribution in [-0.2, 0) is 0 Å². The van der Waals surface area contributed by atoms with Crippen LogP contribution in [0.2, 0.25) is 0 Å². The van der Waals surface area contributed by atoms with Gasteiger partial charge < -0.3 is 10.2 Å². The molecule has 2 nitrogen and oxygen atoms in total. The molecule has 37 heavy (non-hydrogen) atoms. The third-order valence-corrected chi connectivity index (χ3v) is 9.50. The van der Waals surface area contributed by atoms with Crippen LogP contribution in [0.5, 0.6) is 0 Å². The van der Waals surface area contributed by atoms with Gasteiger partial charge in [-0.1, -0.05) is 127 Å². The van der Waals surface area contributed by atoms with E-state index >= 15 is 0 Å². The number of benzene rings is 5. The van der Waals surface area contributed by atoms with Crippen molar-refractivity contribution in [3.8, 4) is 0 Å². The van der Waals surface area contributed by atoms with E-state index in [9.17, 15) is 0 Å². The van der Waals surface area contributed by atoms with Gasteiger partial charge in [-0.3, -0.25) is 0 Å². The van der Waals surface area contributed by atoms with Gasteiger partial charge in [-0.05, 0) is 47.9 Å². The van der Waals surface area contributed by atoms with Gasteiger partial charge in [0.1, 0.15) is 0 Å². The minimum Gasteiger partial charge on any atom is -0.377 e. The molecule has 0 aromatic heterocycles. The van der Waals surface area contributed by atoms with Crippen molar-refractivity contribution >= 4 is 29.9 Å². The van der Waals surface area contributed by atoms with Crippen molar-refractivity contribution in [2.24, 2.45) is 0 Å². The molecule has 3 heteroatoms. The molecule has 0 aliphatic carbocycles. The van der Waals surface area contributed by atoms with Crippen LogP contribution < -0.4 is 20.8 Å². The van der Waals surface area contributed by atoms with Crippen molar-refractivity contribution in [3.63, 3.8) is 0 Å². The van der Waals surface area contributed by atoms with E-state index in [0.717, 1.165) is 5.69 Å². The van der Waals surface area contributed by atoms with Gasteiger partial charge >= 0.3 is 0 Å². The fourth-order valence-corrected chi connectivity index (χ4v) is 7.95. The Labute approximate surface area is 222 Å². The number of rotatable bonds is 9. The van der Waals surface area contributed by atoms with Crippen molar-refractivity contribution < 1.29 is 0 Å². The number of anilines is 2. The van der Waals surface area contributed by atoms with Crippen molar-refractivity contribution in [2.75, 3.05) is 24.3 Å². The molecule has 0 fully saturated rings. The molecule has 0 saturated carbocycles. The number of para-hydroxylation sites is 2. The van der Waals surface area contributed by atoms with Crippen LogP contribution in [0, 0.1) is 0 Å². The standard InChI is InChI=1S/C34H33N2P/c1-36(2)32-26-16-15-25-31(32)34(37(29-21-11-5-12-22-29)30-23-13-6-14-24-30)33(27-17-7-3-8-18-27)35-28-19-9-4-10-20-28/h3-26,33-35H,1-2H3/t33-,34+/m0/s1. The lowest BCUT2D eigenvalue weighted by Gasteiger charge is -2.38. The second kappa shape index (κ2) is 11.9. The molecule has 0 aliphatic rings. The fourth-order valence-electron chi connectivity index (χ4n) is 4.98. The van der Waals surface area contributed by atoms with Gasteiger partial charge in [-0.2, -0.15) is 0 Å². The minimum absolute atomic E-state index is 0.0521. The van der Waals surface area contributed by atoms with E-state index in [1.807, 2.05) is 0 Å². The highest BCUT2D eigenvalue weighted by molar-refractivity contribution is 7.73. The summed E-state index contributed by atoms with van der Waals surface area (Å²) in [7, 11) is 3.51. The van der Waals surface area contributed by atoms with Gasteiger partial charge in [-0.25, -0.2) is 0 Å². The number of nitrogens with one attached hydrogen (secondary N) is 1. The van der Waals surface area contributed by atoms with Crippen LogP contribution in [0.3, 0.4) is 0 Å². The highest BCUT2D eigenvalue weighted by Crippen LogP contribution is 2.58. The summed E-state index contributed by atoms with van der Waals surface area (Å²) < 4.78 is 0. The quantitative estimate of drug-likeness (QED) is 0.208. The smallest absolute Gasteiger partial charge is 0.0628 e.